The normalized spacial score (nSPS) is 11.4. The fraction of sp³-hybridized carbons (Fsp3) is 0.0256. The van der Waals surface area contributed by atoms with Crippen LogP contribution in [0.4, 0.5) is 0 Å². The first-order valence-electron chi connectivity index (χ1n) is 14.3. The van der Waals surface area contributed by atoms with E-state index in [1.165, 1.54) is 43.8 Å². The highest BCUT2D eigenvalue weighted by Gasteiger charge is 2.13. The first kappa shape index (κ1) is 28.7. The lowest BCUT2D eigenvalue weighted by Crippen LogP contribution is -2.03. The summed E-state index contributed by atoms with van der Waals surface area (Å²) in [6, 6.07) is 43.8. The monoisotopic (exact) mass is 588 g/mol. The van der Waals surface area contributed by atoms with Crippen LogP contribution in [0.3, 0.4) is 0 Å². The zero-order chi connectivity index (χ0) is 30.6. The van der Waals surface area contributed by atoms with Gasteiger partial charge in [-0.2, -0.15) is 0 Å². The quantitative estimate of drug-likeness (QED) is 0.110. The number of hydrogen-bond acceptors (Lipinski definition) is 3. The van der Waals surface area contributed by atoms with Gasteiger partial charge in [-0.1, -0.05) is 104 Å². The van der Waals surface area contributed by atoms with E-state index in [2.05, 4.69) is 138 Å². The summed E-state index contributed by atoms with van der Waals surface area (Å²) in [4.78, 5) is 3.81. The fourth-order valence-electron chi connectivity index (χ4n) is 5.68. The number of thiol groups is 1. The lowest BCUT2D eigenvalue weighted by molar-refractivity contribution is 1.02. The van der Waals surface area contributed by atoms with Crippen LogP contribution >= 0.6 is 12.6 Å². The minimum atomic E-state index is 0.322. The molecule has 0 saturated carbocycles. The second-order valence-electron chi connectivity index (χ2n) is 10.5. The zero-order valence-corrected chi connectivity index (χ0v) is 25.4. The SMILES string of the molecule is C=N/C(=C/S)C(=C)C(=N)c1ccc(-c2ccccc2)cc1.Cn1c2ccccc2c2ccc3c(ccn3-c3ccccc3)c21. The lowest BCUT2D eigenvalue weighted by Gasteiger charge is -2.09. The number of allylic oxidation sites excluding steroid dienone is 1. The molecule has 0 fully saturated rings. The average Bonchev–Trinajstić information content (AvgIpc) is 3.65. The van der Waals surface area contributed by atoms with Crippen molar-refractivity contribution in [3.63, 3.8) is 0 Å². The number of benzene rings is 5. The van der Waals surface area contributed by atoms with Crippen molar-refractivity contribution in [1.82, 2.24) is 9.13 Å². The smallest absolute Gasteiger partial charge is 0.0770 e. The van der Waals surface area contributed by atoms with Crippen molar-refractivity contribution in [2.24, 2.45) is 12.0 Å². The molecule has 2 heterocycles. The third-order valence-corrected chi connectivity index (χ3v) is 8.20. The number of aryl methyl sites for hydroxylation is 1. The van der Waals surface area contributed by atoms with Gasteiger partial charge in [0.1, 0.15) is 0 Å². The standard InChI is InChI=1S/C21H16N2.C18H16N2S/c1-22-19-10-6-5-9-16(19)17-11-12-20-18(21(17)22)13-14-23(20)15-7-3-2-4-8-15;1-13(17(12-21)20-2)18(19)16-10-8-15(9-11-16)14-6-4-3-5-7-14/h2-14H,1H3;3-12,19,21H,1-2H2/b;17-12+,19-18?. The van der Waals surface area contributed by atoms with Crippen LogP contribution < -0.4 is 0 Å². The molecule has 0 spiro atoms. The molecule has 214 valence electrons. The Hall–Kier alpha value is -5.39. The highest BCUT2D eigenvalue weighted by Crippen LogP contribution is 2.34. The molecular formula is C39H32N4S. The zero-order valence-electron chi connectivity index (χ0n) is 24.5. The molecule has 0 bridgehead atoms. The maximum Gasteiger partial charge on any atom is 0.0770 e. The molecule has 0 amide bonds. The predicted molar refractivity (Wildman–Crippen MR) is 192 cm³/mol. The van der Waals surface area contributed by atoms with E-state index >= 15 is 0 Å². The largest absolute Gasteiger partial charge is 0.343 e. The van der Waals surface area contributed by atoms with E-state index in [4.69, 9.17) is 5.41 Å². The Morgan fingerprint density at radius 3 is 2.02 bits per heavy atom. The molecule has 5 heteroatoms. The first-order valence-corrected chi connectivity index (χ1v) is 14.8. The summed E-state index contributed by atoms with van der Waals surface area (Å²) in [5.41, 5.74) is 9.42. The van der Waals surface area contributed by atoms with E-state index in [1.807, 2.05) is 42.5 Å². The van der Waals surface area contributed by atoms with E-state index in [-0.39, 0.29) is 0 Å². The number of aliphatic imine (C=N–C) groups is 1. The van der Waals surface area contributed by atoms with Gasteiger partial charge in [0.25, 0.3) is 0 Å². The first-order chi connectivity index (χ1) is 21.5. The number of aromatic nitrogens is 2. The molecule has 0 atom stereocenters. The number of para-hydroxylation sites is 2. The molecular weight excluding hydrogens is 557 g/mol. The van der Waals surface area contributed by atoms with E-state index in [0.717, 1.165) is 16.7 Å². The van der Waals surface area contributed by atoms with Crippen LogP contribution in [0.15, 0.2) is 162 Å². The summed E-state index contributed by atoms with van der Waals surface area (Å²) in [5, 5.41) is 13.6. The number of fused-ring (bicyclic) bond motifs is 5. The van der Waals surface area contributed by atoms with Crippen molar-refractivity contribution in [3.05, 3.63) is 162 Å². The van der Waals surface area contributed by atoms with Crippen LogP contribution in [-0.2, 0) is 7.05 Å². The molecule has 44 heavy (non-hydrogen) atoms. The summed E-state index contributed by atoms with van der Waals surface area (Å²) in [5.74, 6) is 0. The maximum atomic E-state index is 8.19. The van der Waals surface area contributed by atoms with Gasteiger partial charge in [0.05, 0.1) is 22.4 Å². The van der Waals surface area contributed by atoms with Gasteiger partial charge in [0, 0.05) is 51.7 Å². The van der Waals surface area contributed by atoms with E-state index in [9.17, 15) is 0 Å². The number of nitrogens with zero attached hydrogens (tertiary/aromatic N) is 3. The lowest BCUT2D eigenvalue weighted by atomic mass is 9.98. The Bertz CT molecular complexity index is 2170. The van der Waals surface area contributed by atoms with Crippen LogP contribution in [-0.4, -0.2) is 21.6 Å². The molecule has 0 radical (unpaired) electrons. The Labute approximate surface area is 262 Å². The van der Waals surface area contributed by atoms with Gasteiger partial charge in [-0.05, 0) is 53.6 Å². The van der Waals surface area contributed by atoms with E-state index < -0.39 is 0 Å². The Kier molecular flexibility index (Phi) is 8.13. The molecule has 1 N–H and O–H groups in total. The van der Waals surface area contributed by atoms with Crippen LogP contribution in [0.5, 0.6) is 0 Å². The van der Waals surface area contributed by atoms with Crippen molar-refractivity contribution in [2.45, 2.75) is 0 Å². The molecule has 0 saturated heterocycles. The second kappa shape index (κ2) is 12.5. The van der Waals surface area contributed by atoms with Crippen LogP contribution in [0.2, 0.25) is 0 Å². The van der Waals surface area contributed by atoms with Gasteiger partial charge in [-0.25, -0.2) is 0 Å². The molecule has 7 aromatic rings. The number of rotatable bonds is 6. The summed E-state index contributed by atoms with van der Waals surface area (Å²) < 4.78 is 4.56. The van der Waals surface area contributed by atoms with Crippen LogP contribution in [0.1, 0.15) is 5.56 Å². The highest BCUT2D eigenvalue weighted by molar-refractivity contribution is 7.83. The molecule has 0 unspecified atom stereocenters. The summed E-state index contributed by atoms with van der Waals surface area (Å²) in [6.07, 6.45) is 2.16. The van der Waals surface area contributed by atoms with Crippen molar-refractivity contribution in [1.29, 1.82) is 5.41 Å². The number of nitrogens with one attached hydrogen (secondary N) is 1. The van der Waals surface area contributed by atoms with Gasteiger partial charge >= 0.3 is 0 Å². The van der Waals surface area contributed by atoms with Crippen molar-refractivity contribution >= 4 is 57.8 Å². The molecule has 4 nitrogen and oxygen atoms in total. The fourth-order valence-corrected chi connectivity index (χ4v) is 5.92. The third kappa shape index (κ3) is 5.30. The molecule has 0 aliphatic heterocycles. The third-order valence-electron chi connectivity index (χ3n) is 7.95. The Balaban J connectivity index is 0.000000157. The Morgan fingerprint density at radius 2 is 1.34 bits per heavy atom. The summed E-state index contributed by atoms with van der Waals surface area (Å²) in [7, 11) is 2.16. The minimum Gasteiger partial charge on any atom is -0.343 e. The molecule has 7 rings (SSSR count). The molecule has 0 aliphatic carbocycles. The maximum absolute atomic E-state index is 8.19. The van der Waals surface area contributed by atoms with Crippen molar-refractivity contribution in [3.8, 4) is 16.8 Å². The van der Waals surface area contributed by atoms with E-state index in [1.54, 1.807) is 0 Å². The van der Waals surface area contributed by atoms with Gasteiger partial charge in [-0.3, -0.25) is 10.4 Å². The summed E-state index contributed by atoms with van der Waals surface area (Å²) >= 11 is 4.05. The molecule has 2 aromatic heterocycles. The van der Waals surface area contributed by atoms with Crippen LogP contribution in [0.25, 0.3) is 49.5 Å². The second-order valence-corrected chi connectivity index (χ2v) is 10.7. The number of hydrogen-bond donors (Lipinski definition) is 2. The van der Waals surface area contributed by atoms with Crippen molar-refractivity contribution < 1.29 is 0 Å². The molecule has 5 aromatic carbocycles. The highest BCUT2D eigenvalue weighted by atomic mass is 32.1. The van der Waals surface area contributed by atoms with Crippen LogP contribution in [0, 0.1) is 5.41 Å². The van der Waals surface area contributed by atoms with Gasteiger partial charge in [-0.15, -0.1) is 12.6 Å². The van der Waals surface area contributed by atoms with Crippen molar-refractivity contribution in [2.75, 3.05) is 0 Å². The van der Waals surface area contributed by atoms with Gasteiger partial charge in [0.15, 0.2) is 0 Å². The minimum absolute atomic E-state index is 0.322. The van der Waals surface area contributed by atoms with Gasteiger partial charge < -0.3 is 9.13 Å². The Morgan fingerprint density at radius 1 is 0.705 bits per heavy atom. The van der Waals surface area contributed by atoms with Gasteiger partial charge in [0.2, 0.25) is 0 Å². The predicted octanol–water partition coefficient (Wildman–Crippen LogP) is 10.0. The van der Waals surface area contributed by atoms with E-state index in [0.29, 0.717) is 17.0 Å². The topological polar surface area (TPSA) is 46.1 Å². The molecule has 0 aliphatic rings. The summed E-state index contributed by atoms with van der Waals surface area (Å²) in [6.45, 7) is 7.34. The average molecular weight is 589 g/mol.